The van der Waals surface area contributed by atoms with Crippen molar-refractivity contribution in [3.63, 3.8) is 0 Å². The first-order chi connectivity index (χ1) is 5.49. The molecule has 0 heterocycles. The number of allylic oxidation sites excluding steroid dienone is 3. The molecule has 12 heavy (non-hydrogen) atoms. The van der Waals surface area contributed by atoms with Crippen LogP contribution in [0.4, 0.5) is 4.39 Å². The number of carbonyl (C=O) groups is 1. The van der Waals surface area contributed by atoms with Gasteiger partial charge in [-0.3, -0.25) is 4.79 Å². The van der Waals surface area contributed by atoms with E-state index in [9.17, 15) is 9.18 Å². The highest BCUT2D eigenvalue weighted by Gasteiger charge is 2.22. The van der Waals surface area contributed by atoms with Gasteiger partial charge in [0, 0.05) is 6.42 Å². The van der Waals surface area contributed by atoms with Crippen LogP contribution >= 0.6 is 0 Å². The van der Waals surface area contributed by atoms with Crippen LogP contribution < -0.4 is 0 Å². The largest absolute Gasteiger partial charge is 0.481 e. The number of carboxylic acids is 1. The fourth-order valence-corrected chi connectivity index (χ4v) is 1.22. The Kier molecular flexibility index (Phi) is 2.31. The van der Waals surface area contributed by atoms with E-state index >= 15 is 0 Å². The number of alkyl halides is 1. The van der Waals surface area contributed by atoms with Crippen LogP contribution in [-0.4, -0.2) is 16.7 Å². The van der Waals surface area contributed by atoms with Crippen molar-refractivity contribution < 1.29 is 14.3 Å². The number of halogens is 1. The van der Waals surface area contributed by atoms with Gasteiger partial charge in [-0.05, 0) is 18.6 Å². The van der Waals surface area contributed by atoms with Crippen molar-refractivity contribution in [3.05, 3.63) is 23.8 Å². The second-order valence-electron chi connectivity index (χ2n) is 3.17. The molecule has 1 atom stereocenters. The van der Waals surface area contributed by atoms with E-state index in [2.05, 4.69) is 0 Å². The van der Waals surface area contributed by atoms with E-state index < -0.39 is 11.6 Å². The zero-order valence-corrected chi connectivity index (χ0v) is 6.88. The molecule has 0 fully saturated rings. The van der Waals surface area contributed by atoms with Crippen molar-refractivity contribution in [2.45, 2.75) is 25.4 Å². The molecule has 0 saturated heterocycles. The van der Waals surface area contributed by atoms with Gasteiger partial charge in [0.25, 0.3) is 0 Å². The first-order valence-corrected chi connectivity index (χ1v) is 3.78. The molecular formula is C9H11FO2. The molecule has 0 aromatic heterocycles. The Hall–Kier alpha value is -1.12. The summed E-state index contributed by atoms with van der Waals surface area (Å²) in [5, 5.41) is 8.44. The maximum Gasteiger partial charge on any atom is 0.307 e. The number of hydrogen-bond donors (Lipinski definition) is 1. The molecular weight excluding hydrogens is 159 g/mol. The van der Waals surface area contributed by atoms with Gasteiger partial charge >= 0.3 is 5.97 Å². The van der Waals surface area contributed by atoms with E-state index in [4.69, 9.17) is 5.11 Å². The Labute approximate surface area is 70.4 Å². The Morgan fingerprint density at radius 2 is 2.50 bits per heavy atom. The highest BCUT2D eigenvalue weighted by atomic mass is 19.1. The van der Waals surface area contributed by atoms with Crippen molar-refractivity contribution in [1.29, 1.82) is 0 Å². The van der Waals surface area contributed by atoms with Gasteiger partial charge in [0.15, 0.2) is 0 Å². The first kappa shape index (κ1) is 8.97. The maximum absolute atomic E-state index is 13.3. The Balaban J connectivity index is 2.71. The van der Waals surface area contributed by atoms with E-state index in [0.717, 1.165) is 0 Å². The molecule has 0 aromatic rings. The second-order valence-corrected chi connectivity index (χ2v) is 3.17. The predicted octanol–water partition coefficient (Wildman–Crippen LogP) is 2.08. The van der Waals surface area contributed by atoms with Crippen LogP contribution in [0.15, 0.2) is 23.8 Å². The maximum atomic E-state index is 13.3. The van der Waals surface area contributed by atoms with Crippen molar-refractivity contribution in [3.8, 4) is 0 Å². The molecule has 1 rings (SSSR count). The third kappa shape index (κ3) is 2.49. The van der Waals surface area contributed by atoms with Crippen LogP contribution in [0, 0.1) is 0 Å². The molecule has 0 bridgehead atoms. The third-order valence-electron chi connectivity index (χ3n) is 1.69. The molecule has 0 saturated carbocycles. The summed E-state index contributed by atoms with van der Waals surface area (Å²) in [7, 11) is 0. The Morgan fingerprint density at radius 1 is 1.83 bits per heavy atom. The summed E-state index contributed by atoms with van der Waals surface area (Å²) >= 11 is 0. The van der Waals surface area contributed by atoms with Gasteiger partial charge in [-0.15, -0.1) is 0 Å². The topological polar surface area (TPSA) is 37.3 Å². The SMILES string of the molecule is CC1(F)C=C(CC(=O)O)C=CC1. The minimum absolute atomic E-state index is 0.101. The van der Waals surface area contributed by atoms with Gasteiger partial charge in [-0.1, -0.05) is 12.2 Å². The minimum Gasteiger partial charge on any atom is -0.481 e. The molecule has 0 aliphatic heterocycles. The number of carboxylic acid groups (broad SMARTS) is 1. The number of rotatable bonds is 2. The van der Waals surface area contributed by atoms with Gasteiger partial charge in [0.05, 0.1) is 6.42 Å². The lowest BCUT2D eigenvalue weighted by Gasteiger charge is -2.18. The number of hydrogen-bond acceptors (Lipinski definition) is 1. The van der Waals surface area contributed by atoms with Crippen molar-refractivity contribution in [2.75, 3.05) is 0 Å². The van der Waals surface area contributed by atoms with Gasteiger partial charge in [-0.2, -0.15) is 0 Å². The van der Waals surface area contributed by atoms with Crippen LogP contribution in [0.3, 0.4) is 0 Å². The van der Waals surface area contributed by atoms with Gasteiger partial charge in [0.2, 0.25) is 0 Å². The lowest BCUT2D eigenvalue weighted by atomic mass is 9.94. The summed E-state index contributed by atoms with van der Waals surface area (Å²) in [5.41, 5.74) is -0.835. The fraction of sp³-hybridized carbons (Fsp3) is 0.444. The Morgan fingerprint density at radius 3 is 3.00 bits per heavy atom. The highest BCUT2D eigenvalue weighted by Crippen LogP contribution is 2.25. The van der Waals surface area contributed by atoms with Crippen molar-refractivity contribution in [1.82, 2.24) is 0 Å². The molecule has 0 amide bonds. The van der Waals surface area contributed by atoms with E-state index in [-0.39, 0.29) is 6.42 Å². The minimum atomic E-state index is -1.38. The molecule has 1 aliphatic carbocycles. The van der Waals surface area contributed by atoms with Crippen LogP contribution in [0.2, 0.25) is 0 Å². The van der Waals surface area contributed by atoms with Crippen LogP contribution in [0.25, 0.3) is 0 Å². The summed E-state index contributed by atoms with van der Waals surface area (Å²) < 4.78 is 13.3. The summed E-state index contributed by atoms with van der Waals surface area (Å²) in [6.45, 7) is 1.44. The quantitative estimate of drug-likeness (QED) is 0.688. The van der Waals surface area contributed by atoms with Crippen molar-refractivity contribution in [2.24, 2.45) is 0 Å². The molecule has 0 aromatic carbocycles. The average molecular weight is 170 g/mol. The summed E-state index contributed by atoms with van der Waals surface area (Å²) in [6, 6.07) is 0. The Bertz CT molecular complexity index is 251. The zero-order valence-electron chi connectivity index (χ0n) is 6.88. The normalized spacial score (nSPS) is 28.3. The highest BCUT2D eigenvalue weighted by molar-refractivity contribution is 5.71. The van der Waals surface area contributed by atoms with Crippen molar-refractivity contribution >= 4 is 5.97 Å². The van der Waals surface area contributed by atoms with Crippen LogP contribution in [0.1, 0.15) is 19.8 Å². The molecule has 66 valence electrons. The average Bonchev–Trinajstić information content (AvgIpc) is 1.82. The summed E-state index contributed by atoms with van der Waals surface area (Å²) in [5.74, 6) is -0.927. The van der Waals surface area contributed by atoms with E-state index in [1.807, 2.05) is 0 Å². The van der Waals surface area contributed by atoms with E-state index in [0.29, 0.717) is 12.0 Å². The molecule has 1 N–H and O–H groups in total. The zero-order chi connectivity index (χ0) is 9.19. The third-order valence-corrected chi connectivity index (χ3v) is 1.69. The molecule has 1 aliphatic rings. The summed E-state index contributed by atoms with van der Waals surface area (Å²) in [4.78, 5) is 10.3. The van der Waals surface area contributed by atoms with Gasteiger partial charge < -0.3 is 5.11 Å². The van der Waals surface area contributed by atoms with E-state index in [1.165, 1.54) is 13.0 Å². The molecule has 0 spiro atoms. The smallest absolute Gasteiger partial charge is 0.307 e. The standard InChI is InChI=1S/C9H11FO2/c1-9(10)4-2-3-7(6-9)5-8(11)12/h2-3,6H,4-5H2,1H3,(H,11,12). The lowest BCUT2D eigenvalue weighted by Crippen LogP contribution is -2.16. The first-order valence-electron chi connectivity index (χ1n) is 3.78. The van der Waals surface area contributed by atoms with Gasteiger partial charge in [0.1, 0.15) is 5.67 Å². The van der Waals surface area contributed by atoms with Crippen LogP contribution in [-0.2, 0) is 4.79 Å². The molecule has 3 heteroatoms. The second kappa shape index (κ2) is 3.09. The summed E-state index contributed by atoms with van der Waals surface area (Å²) in [6.07, 6.45) is 4.93. The fourth-order valence-electron chi connectivity index (χ4n) is 1.22. The van der Waals surface area contributed by atoms with Crippen LogP contribution in [0.5, 0.6) is 0 Å². The predicted molar refractivity (Wildman–Crippen MR) is 43.6 cm³/mol. The number of aliphatic carboxylic acids is 1. The molecule has 2 nitrogen and oxygen atoms in total. The molecule has 0 radical (unpaired) electrons. The monoisotopic (exact) mass is 170 g/mol. The lowest BCUT2D eigenvalue weighted by molar-refractivity contribution is -0.136. The molecule has 1 unspecified atom stereocenters. The van der Waals surface area contributed by atoms with E-state index in [1.54, 1.807) is 12.2 Å². The van der Waals surface area contributed by atoms with Gasteiger partial charge in [-0.25, -0.2) is 4.39 Å².